The first-order valence-corrected chi connectivity index (χ1v) is 9.73. The molecule has 2 aromatic rings. The predicted molar refractivity (Wildman–Crippen MR) is 109 cm³/mol. The van der Waals surface area contributed by atoms with Crippen LogP contribution in [0.4, 0.5) is 0 Å². The zero-order valence-corrected chi connectivity index (χ0v) is 16.9. The maximum atomic E-state index is 12.5. The van der Waals surface area contributed by atoms with Crippen LogP contribution in [0.1, 0.15) is 42.6 Å². The van der Waals surface area contributed by atoms with E-state index >= 15 is 0 Å². The maximum absolute atomic E-state index is 12.5. The van der Waals surface area contributed by atoms with Crippen molar-refractivity contribution in [3.8, 4) is 11.8 Å². The Labute approximate surface area is 169 Å². The molecule has 0 unspecified atom stereocenters. The SMILES string of the molecule is Cc1cc(/C=C(/C#N)C(=O)NC2CCCC2)c(C)n1-c1ccc(Cl)cc1Cl. The summed E-state index contributed by atoms with van der Waals surface area (Å²) in [5.74, 6) is -0.307. The number of carbonyl (C=O) groups is 1. The second-order valence-electron chi connectivity index (χ2n) is 6.88. The van der Waals surface area contributed by atoms with Crippen molar-refractivity contribution in [1.29, 1.82) is 5.26 Å². The molecule has 1 aromatic carbocycles. The lowest BCUT2D eigenvalue weighted by Crippen LogP contribution is -2.33. The van der Waals surface area contributed by atoms with E-state index in [-0.39, 0.29) is 17.5 Å². The summed E-state index contributed by atoms with van der Waals surface area (Å²) in [6.45, 7) is 3.90. The van der Waals surface area contributed by atoms with Gasteiger partial charge in [-0.1, -0.05) is 36.0 Å². The number of halogens is 2. The number of amides is 1. The van der Waals surface area contributed by atoms with Crippen molar-refractivity contribution in [3.63, 3.8) is 0 Å². The summed E-state index contributed by atoms with van der Waals surface area (Å²) in [6.07, 6.45) is 5.86. The lowest BCUT2D eigenvalue weighted by atomic mass is 10.1. The van der Waals surface area contributed by atoms with E-state index in [9.17, 15) is 10.1 Å². The molecule has 0 atom stereocenters. The van der Waals surface area contributed by atoms with Crippen LogP contribution in [0.5, 0.6) is 0 Å². The summed E-state index contributed by atoms with van der Waals surface area (Å²) in [7, 11) is 0. The zero-order chi connectivity index (χ0) is 19.6. The van der Waals surface area contributed by atoms with E-state index in [4.69, 9.17) is 23.2 Å². The molecule has 0 spiro atoms. The fraction of sp³-hybridized carbons (Fsp3) is 0.333. The average molecular weight is 402 g/mol. The minimum absolute atomic E-state index is 0.115. The third-order valence-corrected chi connectivity index (χ3v) is 5.51. The molecule has 1 heterocycles. The van der Waals surface area contributed by atoms with Crippen molar-refractivity contribution in [2.45, 2.75) is 45.6 Å². The molecule has 1 fully saturated rings. The van der Waals surface area contributed by atoms with Crippen LogP contribution in [0.2, 0.25) is 10.0 Å². The summed E-state index contributed by atoms with van der Waals surface area (Å²) in [5, 5.41) is 13.5. The first-order valence-electron chi connectivity index (χ1n) is 8.97. The molecule has 140 valence electrons. The molecule has 0 bridgehead atoms. The Hall–Kier alpha value is -2.22. The molecule has 4 nitrogen and oxygen atoms in total. The number of hydrogen-bond acceptors (Lipinski definition) is 2. The minimum atomic E-state index is -0.307. The molecule has 1 saturated carbocycles. The van der Waals surface area contributed by atoms with Crippen molar-refractivity contribution in [3.05, 3.63) is 56.8 Å². The Balaban J connectivity index is 1.93. The smallest absolute Gasteiger partial charge is 0.262 e. The van der Waals surface area contributed by atoms with Gasteiger partial charge in [0.1, 0.15) is 11.6 Å². The van der Waals surface area contributed by atoms with Gasteiger partial charge in [-0.3, -0.25) is 4.79 Å². The van der Waals surface area contributed by atoms with Gasteiger partial charge in [-0.2, -0.15) is 5.26 Å². The fourth-order valence-corrected chi connectivity index (χ4v) is 4.10. The number of hydrogen-bond donors (Lipinski definition) is 1. The average Bonchev–Trinajstić information content (AvgIpc) is 3.22. The Morgan fingerprint density at radius 2 is 1.96 bits per heavy atom. The number of nitriles is 1. The van der Waals surface area contributed by atoms with E-state index in [2.05, 4.69) is 5.32 Å². The summed E-state index contributed by atoms with van der Waals surface area (Å²) >= 11 is 12.4. The number of rotatable bonds is 4. The Morgan fingerprint density at radius 3 is 2.59 bits per heavy atom. The van der Waals surface area contributed by atoms with Crippen LogP contribution in [0, 0.1) is 25.2 Å². The van der Waals surface area contributed by atoms with Gasteiger partial charge < -0.3 is 9.88 Å². The van der Waals surface area contributed by atoms with Crippen molar-refractivity contribution < 1.29 is 4.79 Å². The second kappa shape index (κ2) is 8.21. The van der Waals surface area contributed by atoms with Gasteiger partial charge in [0.2, 0.25) is 0 Å². The van der Waals surface area contributed by atoms with E-state index in [1.165, 1.54) is 0 Å². The lowest BCUT2D eigenvalue weighted by molar-refractivity contribution is -0.117. The topological polar surface area (TPSA) is 57.8 Å². The monoisotopic (exact) mass is 401 g/mol. The largest absolute Gasteiger partial charge is 0.349 e. The van der Waals surface area contributed by atoms with Crippen LogP contribution in [-0.2, 0) is 4.79 Å². The van der Waals surface area contributed by atoms with E-state index in [0.717, 1.165) is 48.3 Å². The second-order valence-corrected chi connectivity index (χ2v) is 7.73. The number of nitrogens with zero attached hydrogens (tertiary/aromatic N) is 2. The molecule has 1 N–H and O–H groups in total. The van der Waals surface area contributed by atoms with Crippen LogP contribution in [0.25, 0.3) is 11.8 Å². The van der Waals surface area contributed by atoms with Gasteiger partial charge >= 0.3 is 0 Å². The molecule has 0 aliphatic heterocycles. The van der Waals surface area contributed by atoms with Crippen LogP contribution < -0.4 is 5.32 Å². The number of nitrogens with one attached hydrogen (secondary N) is 1. The highest BCUT2D eigenvalue weighted by molar-refractivity contribution is 6.35. The van der Waals surface area contributed by atoms with Crippen molar-refractivity contribution in [2.24, 2.45) is 0 Å². The predicted octanol–water partition coefficient (Wildman–Crippen LogP) is 5.37. The van der Waals surface area contributed by atoms with Crippen LogP contribution in [0.15, 0.2) is 29.8 Å². The standard InChI is InChI=1S/C21H21Cl2N3O/c1-13-9-15(10-16(12-24)21(27)25-18-5-3-4-6-18)14(2)26(13)20-8-7-17(22)11-19(20)23/h7-11,18H,3-6H2,1-2H3,(H,25,27)/b16-10-. The summed E-state index contributed by atoms with van der Waals surface area (Å²) < 4.78 is 1.99. The number of aryl methyl sites for hydroxylation is 1. The third kappa shape index (κ3) is 4.21. The molecular weight excluding hydrogens is 381 g/mol. The fourth-order valence-electron chi connectivity index (χ4n) is 3.60. The zero-order valence-electron chi connectivity index (χ0n) is 15.4. The first kappa shape index (κ1) is 19.5. The summed E-state index contributed by atoms with van der Waals surface area (Å²) in [6, 6.07) is 9.49. The van der Waals surface area contributed by atoms with E-state index in [1.807, 2.05) is 36.6 Å². The molecule has 27 heavy (non-hydrogen) atoms. The molecular formula is C21H21Cl2N3O. The summed E-state index contributed by atoms with van der Waals surface area (Å²) in [5.41, 5.74) is 3.60. The van der Waals surface area contributed by atoms with Crippen LogP contribution in [0.3, 0.4) is 0 Å². The molecule has 3 rings (SSSR count). The van der Waals surface area contributed by atoms with Gasteiger partial charge in [0, 0.05) is 22.5 Å². The van der Waals surface area contributed by atoms with Crippen molar-refractivity contribution >= 4 is 35.2 Å². The summed E-state index contributed by atoms with van der Waals surface area (Å²) in [4.78, 5) is 12.5. The molecule has 0 radical (unpaired) electrons. The highest BCUT2D eigenvalue weighted by Crippen LogP contribution is 2.29. The Kier molecular flexibility index (Phi) is 5.94. The molecule has 1 aliphatic carbocycles. The van der Waals surface area contributed by atoms with Crippen LogP contribution >= 0.6 is 23.2 Å². The van der Waals surface area contributed by atoms with E-state index in [0.29, 0.717) is 10.0 Å². The molecule has 1 aliphatic rings. The number of benzene rings is 1. The van der Waals surface area contributed by atoms with Gasteiger partial charge in [0.25, 0.3) is 5.91 Å². The van der Waals surface area contributed by atoms with Gasteiger partial charge in [-0.05, 0) is 62.6 Å². The Morgan fingerprint density at radius 1 is 1.26 bits per heavy atom. The molecule has 0 saturated heterocycles. The lowest BCUT2D eigenvalue weighted by Gasteiger charge is -2.12. The van der Waals surface area contributed by atoms with Gasteiger partial charge in [0.15, 0.2) is 0 Å². The molecule has 1 aromatic heterocycles. The quantitative estimate of drug-likeness (QED) is 0.552. The highest BCUT2D eigenvalue weighted by Gasteiger charge is 2.20. The van der Waals surface area contributed by atoms with Gasteiger partial charge in [0.05, 0.1) is 10.7 Å². The van der Waals surface area contributed by atoms with Crippen molar-refractivity contribution in [2.75, 3.05) is 0 Å². The minimum Gasteiger partial charge on any atom is -0.349 e. The maximum Gasteiger partial charge on any atom is 0.262 e. The Bertz CT molecular complexity index is 947. The van der Waals surface area contributed by atoms with Gasteiger partial charge in [-0.15, -0.1) is 0 Å². The van der Waals surface area contributed by atoms with E-state index < -0.39 is 0 Å². The van der Waals surface area contributed by atoms with Crippen molar-refractivity contribution in [1.82, 2.24) is 9.88 Å². The van der Waals surface area contributed by atoms with E-state index in [1.54, 1.807) is 18.2 Å². The molecule has 6 heteroatoms. The third-order valence-electron chi connectivity index (χ3n) is 4.98. The number of carbonyl (C=O) groups excluding carboxylic acids is 1. The normalized spacial score (nSPS) is 15.0. The van der Waals surface area contributed by atoms with Crippen LogP contribution in [-0.4, -0.2) is 16.5 Å². The molecule has 1 amide bonds. The van der Waals surface area contributed by atoms with Gasteiger partial charge in [-0.25, -0.2) is 0 Å². The highest BCUT2D eigenvalue weighted by atomic mass is 35.5. The first-order chi connectivity index (χ1) is 12.9. The number of aromatic nitrogens is 1.